The van der Waals surface area contributed by atoms with Crippen molar-refractivity contribution < 1.29 is 14.2 Å². The van der Waals surface area contributed by atoms with Crippen LogP contribution in [-0.2, 0) is 0 Å². The normalized spacial score (nSPS) is 25.4. The third-order valence-corrected chi connectivity index (χ3v) is 3.55. The summed E-state index contributed by atoms with van der Waals surface area (Å²) in [5, 5.41) is 9.78. The number of hydrogen-bond donors (Lipinski definition) is 1. The van der Waals surface area contributed by atoms with E-state index in [1.54, 1.807) is 12.1 Å². The molecular weight excluding hydrogens is 219 g/mol. The van der Waals surface area contributed by atoms with Crippen LogP contribution in [0.5, 0.6) is 5.75 Å². The summed E-state index contributed by atoms with van der Waals surface area (Å²) in [6.07, 6.45) is 4.22. The summed E-state index contributed by atoms with van der Waals surface area (Å²) in [7, 11) is 1.48. The molecule has 0 bridgehead atoms. The maximum atomic E-state index is 14.1. The average Bonchev–Trinajstić information content (AvgIpc) is 2.54. The van der Waals surface area contributed by atoms with Crippen molar-refractivity contribution in [1.82, 2.24) is 0 Å². The van der Waals surface area contributed by atoms with Crippen LogP contribution in [0, 0.1) is 5.82 Å². The highest BCUT2D eigenvalue weighted by Crippen LogP contribution is 2.35. The van der Waals surface area contributed by atoms with E-state index in [1.165, 1.54) is 7.11 Å². The van der Waals surface area contributed by atoms with Gasteiger partial charge in [0.2, 0.25) is 0 Å². The minimum atomic E-state index is -0.298. The molecular formula is C14H19FO2. The molecule has 1 fully saturated rings. The van der Waals surface area contributed by atoms with Crippen LogP contribution in [0.25, 0.3) is 0 Å². The molecule has 3 heteroatoms. The monoisotopic (exact) mass is 238 g/mol. The van der Waals surface area contributed by atoms with E-state index in [0.717, 1.165) is 25.7 Å². The Morgan fingerprint density at radius 2 is 2.06 bits per heavy atom. The summed E-state index contributed by atoms with van der Waals surface area (Å²) in [6.45, 7) is 0. The standard InChI is InChI=1S/C14H19FO2/c1-17-13-8-4-7-12(14(13)15)10-5-2-3-6-11(16)9-10/h4,7-8,10-11,16H,2-3,5-6,9H2,1H3. The van der Waals surface area contributed by atoms with Crippen LogP contribution in [0.1, 0.15) is 43.6 Å². The van der Waals surface area contributed by atoms with Crippen molar-refractivity contribution in [2.45, 2.75) is 44.1 Å². The predicted molar refractivity (Wildman–Crippen MR) is 64.8 cm³/mol. The SMILES string of the molecule is COc1cccc(C2CCCCC(O)C2)c1F. The maximum Gasteiger partial charge on any atom is 0.168 e. The van der Waals surface area contributed by atoms with E-state index in [1.807, 2.05) is 6.07 Å². The molecule has 2 atom stereocenters. The van der Waals surface area contributed by atoms with Gasteiger partial charge in [-0.3, -0.25) is 0 Å². The van der Waals surface area contributed by atoms with E-state index in [-0.39, 0.29) is 17.8 Å². The molecule has 94 valence electrons. The highest BCUT2D eigenvalue weighted by Gasteiger charge is 2.23. The first kappa shape index (κ1) is 12.4. The van der Waals surface area contributed by atoms with Crippen LogP contribution in [0.15, 0.2) is 18.2 Å². The zero-order valence-corrected chi connectivity index (χ0v) is 10.2. The van der Waals surface area contributed by atoms with Gasteiger partial charge in [0.15, 0.2) is 11.6 Å². The summed E-state index contributed by atoms with van der Waals surface area (Å²) in [5.41, 5.74) is 0.685. The highest BCUT2D eigenvalue weighted by molar-refractivity contribution is 5.33. The number of benzene rings is 1. The van der Waals surface area contributed by atoms with Gasteiger partial charge in [-0.25, -0.2) is 4.39 Å². The van der Waals surface area contributed by atoms with Crippen molar-refractivity contribution >= 4 is 0 Å². The summed E-state index contributed by atoms with van der Waals surface area (Å²) in [4.78, 5) is 0. The Morgan fingerprint density at radius 1 is 1.29 bits per heavy atom. The minimum absolute atomic E-state index is 0.114. The molecule has 0 radical (unpaired) electrons. The first-order valence-corrected chi connectivity index (χ1v) is 6.23. The number of aliphatic hydroxyl groups excluding tert-OH is 1. The molecule has 17 heavy (non-hydrogen) atoms. The van der Waals surface area contributed by atoms with Gasteiger partial charge >= 0.3 is 0 Å². The number of halogens is 1. The molecule has 0 spiro atoms. The fourth-order valence-electron chi connectivity index (χ4n) is 2.62. The van der Waals surface area contributed by atoms with Crippen LogP contribution in [0.3, 0.4) is 0 Å². The molecule has 0 amide bonds. The number of rotatable bonds is 2. The Kier molecular flexibility index (Phi) is 4.00. The summed E-state index contributed by atoms with van der Waals surface area (Å²) in [5.74, 6) is 0.137. The van der Waals surface area contributed by atoms with Crippen molar-refractivity contribution in [3.05, 3.63) is 29.6 Å². The van der Waals surface area contributed by atoms with Crippen molar-refractivity contribution in [1.29, 1.82) is 0 Å². The van der Waals surface area contributed by atoms with Gasteiger partial charge in [-0.15, -0.1) is 0 Å². The summed E-state index contributed by atoms with van der Waals surface area (Å²) < 4.78 is 19.1. The smallest absolute Gasteiger partial charge is 0.168 e. The summed E-state index contributed by atoms with van der Waals surface area (Å²) in [6, 6.07) is 5.25. The van der Waals surface area contributed by atoms with Gasteiger partial charge in [-0.2, -0.15) is 0 Å². The summed E-state index contributed by atoms with van der Waals surface area (Å²) >= 11 is 0. The van der Waals surface area contributed by atoms with E-state index in [0.29, 0.717) is 17.7 Å². The maximum absolute atomic E-state index is 14.1. The molecule has 2 nitrogen and oxygen atoms in total. The zero-order chi connectivity index (χ0) is 12.3. The predicted octanol–water partition coefficient (Wildman–Crippen LogP) is 3.24. The largest absolute Gasteiger partial charge is 0.494 e. The second-order valence-electron chi connectivity index (χ2n) is 4.73. The van der Waals surface area contributed by atoms with Crippen molar-refractivity contribution in [2.75, 3.05) is 7.11 Å². The Morgan fingerprint density at radius 3 is 2.82 bits per heavy atom. The van der Waals surface area contributed by atoms with Gasteiger partial charge in [0.25, 0.3) is 0 Å². The topological polar surface area (TPSA) is 29.5 Å². The number of hydrogen-bond acceptors (Lipinski definition) is 2. The van der Waals surface area contributed by atoms with E-state index < -0.39 is 0 Å². The van der Waals surface area contributed by atoms with Crippen molar-refractivity contribution in [3.8, 4) is 5.75 Å². The van der Waals surface area contributed by atoms with Gasteiger partial charge < -0.3 is 9.84 Å². The molecule has 1 N–H and O–H groups in total. The van der Waals surface area contributed by atoms with E-state index in [4.69, 9.17) is 4.74 Å². The molecule has 1 aliphatic carbocycles. The van der Waals surface area contributed by atoms with Gasteiger partial charge in [0.1, 0.15) is 0 Å². The van der Waals surface area contributed by atoms with E-state index >= 15 is 0 Å². The van der Waals surface area contributed by atoms with E-state index in [9.17, 15) is 9.50 Å². The number of ether oxygens (including phenoxy) is 1. The first-order chi connectivity index (χ1) is 8.22. The lowest BCUT2D eigenvalue weighted by molar-refractivity contribution is 0.151. The van der Waals surface area contributed by atoms with Crippen LogP contribution in [-0.4, -0.2) is 18.3 Å². The van der Waals surface area contributed by atoms with Crippen LogP contribution >= 0.6 is 0 Å². The average molecular weight is 238 g/mol. The minimum Gasteiger partial charge on any atom is -0.494 e. The number of aliphatic hydroxyl groups is 1. The molecule has 1 aromatic rings. The Bertz CT molecular complexity index is 378. The molecule has 2 rings (SSSR count). The van der Waals surface area contributed by atoms with Crippen LogP contribution in [0.4, 0.5) is 4.39 Å². The Hall–Kier alpha value is -1.09. The lowest BCUT2D eigenvalue weighted by Crippen LogP contribution is -2.10. The second-order valence-corrected chi connectivity index (χ2v) is 4.73. The molecule has 2 unspecified atom stereocenters. The number of methoxy groups -OCH3 is 1. The third-order valence-electron chi connectivity index (χ3n) is 3.55. The van der Waals surface area contributed by atoms with Crippen molar-refractivity contribution in [3.63, 3.8) is 0 Å². The lowest BCUT2D eigenvalue weighted by atomic mass is 9.90. The Balaban J connectivity index is 2.25. The van der Waals surface area contributed by atoms with Crippen molar-refractivity contribution in [2.24, 2.45) is 0 Å². The molecule has 0 heterocycles. The Labute approximate surface area is 101 Å². The third kappa shape index (κ3) is 2.78. The van der Waals surface area contributed by atoms with Gasteiger partial charge in [-0.1, -0.05) is 25.0 Å². The zero-order valence-electron chi connectivity index (χ0n) is 10.2. The molecule has 0 saturated heterocycles. The van der Waals surface area contributed by atoms with Crippen LogP contribution in [0.2, 0.25) is 0 Å². The highest BCUT2D eigenvalue weighted by atomic mass is 19.1. The quantitative estimate of drug-likeness (QED) is 0.801. The molecule has 1 aliphatic rings. The second kappa shape index (κ2) is 5.50. The first-order valence-electron chi connectivity index (χ1n) is 6.23. The van der Waals surface area contributed by atoms with Gasteiger partial charge in [0.05, 0.1) is 13.2 Å². The van der Waals surface area contributed by atoms with Crippen LogP contribution < -0.4 is 4.74 Å². The lowest BCUT2D eigenvalue weighted by Gasteiger charge is -2.18. The molecule has 1 saturated carbocycles. The van der Waals surface area contributed by atoms with Gasteiger partial charge in [-0.05, 0) is 36.8 Å². The molecule has 0 aliphatic heterocycles. The van der Waals surface area contributed by atoms with Gasteiger partial charge in [0, 0.05) is 0 Å². The molecule has 0 aromatic heterocycles. The molecule has 1 aromatic carbocycles. The fourth-order valence-corrected chi connectivity index (χ4v) is 2.62. The van der Waals surface area contributed by atoms with E-state index in [2.05, 4.69) is 0 Å². The fraction of sp³-hybridized carbons (Fsp3) is 0.571.